The first kappa shape index (κ1) is 25.2. The summed E-state index contributed by atoms with van der Waals surface area (Å²) in [5, 5.41) is 12.1. The van der Waals surface area contributed by atoms with E-state index in [0.29, 0.717) is 5.69 Å². The Balaban J connectivity index is 1.52. The number of anilines is 1. The highest BCUT2D eigenvalue weighted by atomic mass is 16.5. The molecule has 1 aromatic heterocycles. The van der Waals surface area contributed by atoms with Gasteiger partial charge in [0, 0.05) is 43.3 Å². The second-order valence-corrected chi connectivity index (χ2v) is 8.36. The van der Waals surface area contributed by atoms with Crippen LogP contribution < -0.4 is 5.32 Å². The number of hydrogen-bond donors (Lipinski definition) is 1. The van der Waals surface area contributed by atoms with Crippen LogP contribution in [0.1, 0.15) is 35.9 Å². The zero-order valence-electron chi connectivity index (χ0n) is 20.1. The number of nitrogens with one attached hydrogen (secondary N) is 1. The van der Waals surface area contributed by atoms with Gasteiger partial charge in [-0.25, -0.2) is 4.79 Å². The van der Waals surface area contributed by atoms with Crippen LogP contribution in [0.2, 0.25) is 0 Å². The molecule has 8 heteroatoms. The number of carbonyl (C=O) groups excluding carboxylic acids is 2. The number of benzene rings is 1. The Kier molecular flexibility index (Phi) is 9.02. The Bertz CT molecular complexity index is 1070. The molecule has 0 spiro atoms. The number of aryl methyl sites for hydroxylation is 1. The number of esters is 1. The fraction of sp³-hybridized carbons (Fsp3) is 0.423. The molecule has 1 aromatic carbocycles. The van der Waals surface area contributed by atoms with Crippen LogP contribution in [-0.4, -0.2) is 54.3 Å². The summed E-state index contributed by atoms with van der Waals surface area (Å²) in [7, 11) is 0. The third-order valence-corrected chi connectivity index (χ3v) is 5.78. The highest BCUT2D eigenvalue weighted by molar-refractivity contribution is 6.00. The molecule has 2 aromatic rings. The molecule has 0 unspecified atom stereocenters. The largest absolute Gasteiger partial charge is 0.451 e. The average Bonchev–Trinajstić information content (AvgIpc) is 3.10. The van der Waals surface area contributed by atoms with Gasteiger partial charge in [0.2, 0.25) is 0 Å². The number of hydrogen-bond acceptors (Lipinski definition) is 6. The van der Waals surface area contributed by atoms with Crippen LogP contribution in [-0.2, 0) is 32.2 Å². The van der Waals surface area contributed by atoms with Crippen molar-refractivity contribution in [2.24, 2.45) is 0 Å². The second-order valence-electron chi connectivity index (χ2n) is 8.36. The summed E-state index contributed by atoms with van der Waals surface area (Å²) < 4.78 is 12.6. The Labute approximate surface area is 200 Å². The molecule has 0 saturated carbocycles. The maximum Gasteiger partial charge on any atom is 0.349 e. The standard InChI is InChI=1S/C26H32N4O4/c1-4-9-30-19(2)14-22(20(30)3)15-23(16-27)26(32)34-18-25(31)28-24-7-5-21(6-8-24)17-29-10-12-33-13-11-29/h5-8,14-15H,4,9-13,17-18H2,1-3H3,(H,28,31)/b23-15+. The molecule has 0 aliphatic carbocycles. The van der Waals surface area contributed by atoms with E-state index in [-0.39, 0.29) is 5.57 Å². The number of rotatable bonds is 9. The van der Waals surface area contributed by atoms with Gasteiger partial charge in [-0.15, -0.1) is 0 Å². The Morgan fingerprint density at radius 3 is 2.56 bits per heavy atom. The summed E-state index contributed by atoms with van der Waals surface area (Å²) in [6.45, 7) is 10.6. The minimum atomic E-state index is -0.821. The minimum Gasteiger partial charge on any atom is -0.451 e. The number of nitriles is 1. The SMILES string of the molecule is CCCn1c(C)cc(/C=C(\C#N)C(=O)OCC(=O)Nc2ccc(CN3CCOCC3)cc2)c1C. The van der Waals surface area contributed by atoms with Gasteiger partial charge in [0.05, 0.1) is 13.2 Å². The van der Waals surface area contributed by atoms with Gasteiger partial charge >= 0.3 is 5.97 Å². The smallest absolute Gasteiger partial charge is 0.349 e. The van der Waals surface area contributed by atoms with Crippen molar-refractivity contribution in [1.82, 2.24) is 9.47 Å². The molecule has 8 nitrogen and oxygen atoms in total. The number of nitrogens with zero attached hydrogens (tertiary/aromatic N) is 3. The van der Waals surface area contributed by atoms with Crippen LogP contribution in [0.25, 0.3) is 6.08 Å². The second kappa shape index (κ2) is 12.2. The number of ether oxygens (including phenoxy) is 2. The van der Waals surface area contributed by atoms with Crippen LogP contribution in [0.4, 0.5) is 5.69 Å². The molecular formula is C26H32N4O4. The van der Waals surface area contributed by atoms with Crippen molar-refractivity contribution in [3.05, 3.63) is 58.4 Å². The molecule has 1 amide bonds. The molecule has 1 N–H and O–H groups in total. The molecule has 1 aliphatic rings. The molecule has 1 aliphatic heterocycles. The summed E-state index contributed by atoms with van der Waals surface area (Å²) in [6.07, 6.45) is 2.50. The Morgan fingerprint density at radius 1 is 1.21 bits per heavy atom. The zero-order valence-corrected chi connectivity index (χ0v) is 20.1. The summed E-state index contributed by atoms with van der Waals surface area (Å²) in [6, 6.07) is 11.4. The molecule has 1 fully saturated rings. The van der Waals surface area contributed by atoms with Gasteiger partial charge in [-0.3, -0.25) is 9.69 Å². The quantitative estimate of drug-likeness (QED) is 0.347. The monoisotopic (exact) mass is 464 g/mol. The van der Waals surface area contributed by atoms with Crippen molar-refractivity contribution in [3.8, 4) is 6.07 Å². The van der Waals surface area contributed by atoms with E-state index < -0.39 is 18.5 Å². The number of morpholine rings is 1. The molecule has 0 radical (unpaired) electrons. The third kappa shape index (κ3) is 6.80. The zero-order chi connectivity index (χ0) is 24.5. The van der Waals surface area contributed by atoms with Gasteiger partial charge in [0.25, 0.3) is 5.91 Å². The van der Waals surface area contributed by atoms with Crippen molar-refractivity contribution in [2.45, 2.75) is 40.3 Å². The van der Waals surface area contributed by atoms with Crippen LogP contribution in [0.5, 0.6) is 0 Å². The Hall–Kier alpha value is -3.41. The first-order valence-corrected chi connectivity index (χ1v) is 11.6. The van der Waals surface area contributed by atoms with Crippen LogP contribution in [0, 0.1) is 25.2 Å². The van der Waals surface area contributed by atoms with Crippen molar-refractivity contribution < 1.29 is 19.1 Å². The average molecular weight is 465 g/mol. The lowest BCUT2D eigenvalue weighted by Crippen LogP contribution is -2.35. The molecule has 0 bridgehead atoms. The van der Waals surface area contributed by atoms with Crippen molar-refractivity contribution in [1.29, 1.82) is 5.26 Å². The summed E-state index contributed by atoms with van der Waals surface area (Å²) in [4.78, 5) is 26.9. The molecule has 1 saturated heterocycles. The fourth-order valence-corrected chi connectivity index (χ4v) is 3.95. The van der Waals surface area contributed by atoms with Gasteiger partial charge in [-0.05, 0) is 55.7 Å². The molecule has 3 rings (SSSR count). The van der Waals surface area contributed by atoms with Gasteiger partial charge < -0.3 is 19.4 Å². The van der Waals surface area contributed by atoms with E-state index in [1.807, 2.05) is 50.2 Å². The summed E-state index contributed by atoms with van der Waals surface area (Å²) in [5.41, 5.74) is 4.46. The van der Waals surface area contributed by atoms with Gasteiger partial charge in [0.15, 0.2) is 6.61 Å². The van der Waals surface area contributed by atoms with Crippen LogP contribution in [0.3, 0.4) is 0 Å². The topological polar surface area (TPSA) is 96.6 Å². The van der Waals surface area contributed by atoms with E-state index >= 15 is 0 Å². The Morgan fingerprint density at radius 2 is 1.91 bits per heavy atom. The molecular weight excluding hydrogens is 432 g/mol. The van der Waals surface area contributed by atoms with E-state index in [9.17, 15) is 14.9 Å². The first-order chi connectivity index (χ1) is 16.4. The summed E-state index contributed by atoms with van der Waals surface area (Å²) in [5.74, 6) is -1.29. The van der Waals surface area contributed by atoms with Crippen molar-refractivity contribution in [2.75, 3.05) is 38.2 Å². The molecule has 180 valence electrons. The highest BCUT2D eigenvalue weighted by Gasteiger charge is 2.16. The number of carbonyl (C=O) groups is 2. The minimum absolute atomic E-state index is 0.142. The van der Waals surface area contributed by atoms with E-state index in [0.717, 1.165) is 68.3 Å². The van der Waals surface area contributed by atoms with Gasteiger partial charge in [-0.2, -0.15) is 5.26 Å². The maximum absolute atomic E-state index is 12.4. The molecule has 2 heterocycles. The van der Waals surface area contributed by atoms with E-state index in [1.54, 1.807) is 0 Å². The van der Waals surface area contributed by atoms with E-state index in [4.69, 9.17) is 9.47 Å². The van der Waals surface area contributed by atoms with Gasteiger partial charge in [-0.1, -0.05) is 19.1 Å². The predicted octanol–water partition coefficient (Wildman–Crippen LogP) is 3.44. The lowest BCUT2D eigenvalue weighted by molar-refractivity contribution is -0.142. The fourth-order valence-electron chi connectivity index (χ4n) is 3.95. The van der Waals surface area contributed by atoms with Crippen LogP contribution in [0.15, 0.2) is 35.9 Å². The van der Waals surface area contributed by atoms with Gasteiger partial charge in [0.1, 0.15) is 11.6 Å². The summed E-state index contributed by atoms with van der Waals surface area (Å²) >= 11 is 0. The lowest BCUT2D eigenvalue weighted by atomic mass is 10.1. The predicted molar refractivity (Wildman–Crippen MR) is 130 cm³/mol. The highest BCUT2D eigenvalue weighted by Crippen LogP contribution is 2.19. The lowest BCUT2D eigenvalue weighted by Gasteiger charge is -2.26. The molecule has 0 atom stereocenters. The van der Waals surface area contributed by atoms with E-state index in [1.165, 1.54) is 6.08 Å². The van der Waals surface area contributed by atoms with Crippen LogP contribution >= 0.6 is 0 Å². The third-order valence-electron chi connectivity index (χ3n) is 5.78. The first-order valence-electron chi connectivity index (χ1n) is 11.6. The maximum atomic E-state index is 12.4. The number of aromatic nitrogens is 1. The normalized spacial score (nSPS) is 14.5. The van der Waals surface area contributed by atoms with Crippen molar-refractivity contribution >= 4 is 23.6 Å². The van der Waals surface area contributed by atoms with Crippen molar-refractivity contribution in [3.63, 3.8) is 0 Å². The number of amides is 1. The van der Waals surface area contributed by atoms with E-state index in [2.05, 4.69) is 21.7 Å². The molecule has 34 heavy (non-hydrogen) atoms.